The highest BCUT2D eigenvalue weighted by molar-refractivity contribution is 7.91. The quantitative estimate of drug-likeness (QED) is 0.221. The summed E-state index contributed by atoms with van der Waals surface area (Å²) in [5.74, 6) is -4.68. The average Bonchev–Trinajstić information content (AvgIpc) is 3.86. The van der Waals surface area contributed by atoms with Crippen LogP contribution in [0, 0.1) is 29.1 Å². The molecule has 2 amide bonds. The van der Waals surface area contributed by atoms with Crippen molar-refractivity contribution >= 4 is 44.9 Å². The number of thiazole rings is 1. The van der Waals surface area contributed by atoms with Gasteiger partial charge in [-0.05, 0) is 83.1 Å². The summed E-state index contributed by atoms with van der Waals surface area (Å²) in [5, 5.41) is 2.46. The van der Waals surface area contributed by atoms with E-state index in [4.69, 9.17) is 9.47 Å². The fourth-order valence-corrected chi connectivity index (χ4v) is 9.73. The topological polar surface area (TPSA) is 162 Å². The Kier molecular flexibility index (Phi) is 11.5. The van der Waals surface area contributed by atoms with Crippen LogP contribution < -0.4 is 9.46 Å². The maximum Gasteiger partial charge on any atom is 0.427 e. The van der Waals surface area contributed by atoms with Crippen LogP contribution in [-0.4, -0.2) is 82.1 Å². The van der Waals surface area contributed by atoms with Gasteiger partial charge in [0.2, 0.25) is 27.4 Å². The molecule has 4 aliphatic rings. The van der Waals surface area contributed by atoms with Crippen molar-refractivity contribution in [1.29, 1.82) is 0 Å². The lowest BCUT2D eigenvalue weighted by atomic mass is 9.82. The van der Waals surface area contributed by atoms with E-state index in [0.717, 1.165) is 13.8 Å². The Morgan fingerprint density at radius 1 is 1.11 bits per heavy atom. The molecule has 2 aromatic heterocycles. The largest absolute Gasteiger partial charge is 0.488 e. The third-order valence-electron chi connectivity index (χ3n) is 11.9. The van der Waals surface area contributed by atoms with Crippen LogP contribution in [0.4, 0.5) is 13.2 Å². The average molecular weight is 823 g/mol. The second-order valence-electron chi connectivity index (χ2n) is 16.8. The Balaban J connectivity index is 1.33. The number of hydrogen-bond acceptors (Lipinski definition) is 11. The van der Waals surface area contributed by atoms with Crippen LogP contribution in [0.25, 0.3) is 10.7 Å². The van der Waals surface area contributed by atoms with Gasteiger partial charge in [-0.25, -0.2) is 13.4 Å². The molecule has 2 saturated carbocycles. The number of allylic oxidation sites excluding steroid dienone is 2. The summed E-state index contributed by atoms with van der Waals surface area (Å²) in [4.78, 5) is 66.4. The number of sulfonamides is 1. The predicted octanol–water partition coefficient (Wildman–Crippen LogP) is 6.42. The van der Waals surface area contributed by atoms with Crippen LogP contribution in [0.1, 0.15) is 92.4 Å². The molecule has 12 nitrogen and oxygen atoms in total. The molecule has 306 valence electrons. The molecule has 2 aromatic rings. The first-order chi connectivity index (χ1) is 26.1. The molecule has 56 heavy (non-hydrogen) atoms. The summed E-state index contributed by atoms with van der Waals surface area (Å²) in [6.07, 6.45) is 3.15. The molecular formula is C39H49F3N4O8S2. The number of fused-ring (bicyclic) bond motifs is 2. The van der Waals surface area contributed by atoms with Gasteiger partial charge < -0.3 is 14.4 Å². The minimum atomic E-state index is -4.86. The second kappa shape index (κ2) is 15.5. The first-order valence-electron chi connectivity index (χ1n) is 19.0. The van der Waals surface area contributed by atoms with Gasteiger partial charge in [0.05, 0.1) is 35.1 Å². The Bertz CT molecular complexity index is 1970. The minimum absolute atomic E-state index is 0.0110. The highest BCUT2D eigenvalue weighted by Crippen LogP contribution is 2.58. The number of ketones is 1. The number of amides is 2. The van der Waals surface area contributed by atoms with E-state index < -0.39 is 91.8 Å². The van der Waals surface area contributed by atoms with Gasteiger partial charge in [-0.15, -0.1) is 11.3 Å². The summed E-state index contributed by atoms with van der Waals surface area (Å²) in [7, 11) is -4.02. The molecule has 6 rings (SSSR count). The number of ether oxygens (including phenoxy) is 2. The van der Waals surface area contributed by atoms with Crippen molar-refractivity contribution in [2.75, 3.05) is 6.54 Å². The Morgan fingerprint density at radius 2 is 1.84 bits per heavy atom. The third-order valence-corrected chi connectivity index (χ3v) is 14.9. The molecule has 3 fully saturated rings. The lowest BCUT2D eigenvalue weighted by molar-refractivity contribution is -0.257. The Morgan fingerprint density at radius 3 is 2.50 bits per heavy atom. The molecule has 0 bridgehead atoms. The summed E-state index contributed by atoms with van der Waals surface area (Å²) in [5.41, 5.74) is -3.61. The van der Waals surface area contributed by atoms with E-state index in [1.165, 1.54) is 16.2 Å². The fraction of sp³-hybridized carbons (Fsp3) is 0.641. The van der Waals surface area contributed by atoms with Crippen LogP contribution in [0.2, 0.25) is 0 Å². The number of carbonyl (C=O) groups is 4. The standard InChI is InChI=1S/C39H49F3N4O8S2/c1-23-8-6-7-9-25-20-38(25,35(50)45-56(51,52)37(5)11-12-37)21-31(47)30-18-27(53-26-10-13-43-29(17-26)33-44-14-15-55-33)22-46(30)34(49)28(24(2)16-23)19-32(48)54-36(3,4)39(40,41)42/h7,9-10,13-15,17,23-25,27-28,30H,6,8,11-12,16,18-22H2,1-5H3,(H,45,50)/b9-7-/t23-,24-,25-,27-,28+,30+,38-/m1/s1. The van der Waals surface area contributed by atoms with Gasteiger partial charge in [0.15, 0.2) is 5.78 Å². The Labute approximate surface area is 329 Å². The SMILES string of the molecule is C[C@@H]1CC/C=C\[C@@H]2C[C@@]2(C(=O)NS(=O)(=O)C2(C)CC2)CC(=O)[C@@H]2C[C@@H](Oc3ccnc(-c4nccs4)c3)CN2C(=O)[C@@H](CC(=O)OC(C)(C)C(F)(F)F)[C@H](C)C1. The van der Waals surface area contributed by atoms with E-state index >= 15 is 0 Å². The van der Waals surface area contributed by atoms with Crippen LogP contribution in [0.5, 0.6) is 5.75 Å². The predicted molar refractivity (Wildman–Crippen MR) is 200 cm³/mol. The van der Waals surface area contributed by atoms with Gasteiger partial charge in [0.25, 0.3) is 0 Å². The van der Waals surface area contributed by atoms with E-state index in [1.54, 1.807) is 43.8 Å². The van der Waals surface area contributed by atoms with E-state index in [2.05, 4.69) is 14.7 Å². The summed E-state index contributed by atoms with van der Waals surface area (Å²) < 4.78 is 80.0. The number of aromatic nitrogens is 2. The summed E-state index contributed by atoms with van der Waals surface area (Å²) in [6, 6.07) is 2.17. The summed E-state index contributed by atoms with van der Waals surface area (Å²) in [6.45, 7) is 6.70. The number of alkyl halides is 3. The molecule has 4 heterocycles. The van der Waals surface area contributed by atoms with Crippen molar-refractivity contribution in [3.05, 3.63) is 42.1 Å². The van der Waals surface area contributed by atoms with E-state index in [0.29, 0.717) is 48.6 Å². The van der Waals surface area contributed by atoms with E-state index in [9.17, 15) is 40.8 Å². The number of carbonyl (C=O) groups excluding carboxylic acids is 4. The summed E-state index contributed by atoms with van der Waals surface area (Å²) >= 11 is 1.38. The highest BCUT2D eigenvalue weighted by Gasteiger charge is 2.63. The maximum atomic E-state index is 14.7. The number of pyridine rings is 1. The fourth-order valence-electron chi connectivity index (χ4n) is 7.79. The van der Waals surface area contributed by atoms with Crippen LogP contribution in [0.15, 0.2) is 42.1 Å². The zero-order valence-corrected chi connectivity index (χ0v) is 33.8. The monoisotopic (exact) mass is 822 g/mol. The van der Waals surface area contributed by atoms with Crippen molar-refractivity contribution < 1.29 is 50.2 Å². The molecule has 1 saturated heterocycles. The van der Waals surface area contributed by atoms with Crippen LogP contribution in [0.3, 0.4) is 0 Å². The minimum Gasteiger partial charge on any atom is -0.488 e. The van der Waals surface area contributed by atoms with Gasteiger partial charge in [0, 0.05) is 36.7 Å². The maximum absolute atomic E-state index is 14.7. The molecule has 0 radical (unpaired) electrons. The first kappa shape index (κ1) is 41.8. The lowest BCUT2D eigenvalue weighted by Gasteiger charge is -2.33. The molecule has 0 unspecified atom stereocenters. The smallest absolute Gasteiger partial charge is 0.427 e. The third kappa shape index (κ3) is 8.82. The van der Waals surface area contributed by atoms with Crippen LogP contribution in [-0.2, 0) is 33.9 Å². The van der Waals surface area contributed by atoms with E-state index in [-0.39, 0.29) is 31.7 Å². The van der Waals surface area contributed by atoms with Crippen molar-refractivity contribution in [2.45, 2.75) is 121 Å². The van der Waals surface area contributed by atoms with Gasteiger partial charge in [-0.2, -0.15) is 13.2 Å². The van der Waals surface area contributed by atoms with Crippen molar-refractivity contribution in [1.82, 2.24) is 19.6 Å². The molecule has 0 aromatic carbocycles. The van der Waals surface area contributed by atoms with Crippen molar-refractivity contribution in [3.8, 4) is 16.5 Å². The van der Waals surface area contributed by atoms with E-state index in [1.807, 2.05) is 19.1 Å². The number of esters is 1. The van der Waals surface area contributed by atoms with Gasteiger partial charge in [-0.1, -0.05) is 26.0 Å². The molecule has 7 atom stereocenters. The molecule has 17 heteroatoms. The number of Topliss-reactive ketones (excluding diaryl/α,β-unsaturated/α-hetero) is 1. The number of nitrogens with one attached hydrogen (secondary N) is 1. The van der Waals surface area contributed by atoms with Crippen LogP contribution >= 0.6 is 11.3 Å². The zero-order valence-electron chi connectivity index (χ0n) is 32.1. The number of nitrogens with zero attached hydrogens (tertiary/aromatic N) is 3. The van der Waals surface area contributed by atoms with Crippen molar-refractivity contribution in [3.63, 3.8) is 0 Å². The molecule has 2 aliphatic carbocycles. The second-order valence-corrected chi connectivity index (χ2v) is 19.9. The first-order valence-corrected chi connectivity index (χ1v) is 21.4. The molecule has 1 N–H and O–H groups in total. The molecule has 0 spiro atoms. The highest BCUT2D eigenvalue weighted by atomic mass is 32.2. The van der Waals surface area contributed by atoms with Crippen molar-refractivity contribution in [2.24, 2.45) is 29.1 Å². The lowest BCUT2D eigenvalue weighted by Crippen LogP contribution is -2.48. The zero-order chi connectivity index (χ0) is 40.8. The van der Waals surface area contributed by atoms with Gasteiger partial charge in [0.1, 0.15) is 22.6 Å². The number of halogens is 3. The molecular weight excluding hydrogens is 774 g/mol. The molecule has 2 aliphatic heterocycles. The van der Waals surface area contributed by atoms with Gasteiger partial charge >= 0.3 is 12.1 Å². The van der Waals surface area contributed by atoms with Gasteiger partial charge in [-0.3, -0.25) is 28.9 Å². The Hall–Kier alpha value is -3.86. The number of hydrogen-bond donors (Lipinski definition) is 1. The normalized spacial score (nSPS) is 30.2. The number of rotatable bonds is 9.